The Labute approximate surface area is 378 Å². The summed E-state index contributed by atoms with van der Waals surface area (Å²) < 4.78 is 64.1. The van der Waals surface area contributed by atoms with E-state index >= 15 is 4.39 Å². The average Bonchev–Trinajstić information content (AvgIpc) is 3.15. The van der Waals surface area contributed by atoms with E-state index in [0.29, 0.717) is 16.0 Å². The Morgan fingerprint density at radius 3 is 1.89 bits per heavy atom. The van der Waals surface area contributed by atoms with Crippen LogP contribution in [-0.2, 0) is 46.5 Å². The number of nitrogens with zero attached hydrogens (tertiary/aromatic N) is 3. The van der Waals surface area contributed by atoms with Gasteiger partial charge in [-0.05, 0) is 135 Å². The molecule has 4 rings (SSSR count). The molecular weight excluding hydrogens is 866 g/mol. The number of pyridine rings is 1. The number of ether oxygens (including phenoxy) is 4. The van der Waals surface area contributed by atoms with Gasteiger partial charge in [-0.2, -0.15) is 4.90 Å². The maximum absolute atomic E-state index is 16.1. The van der Waals surface area contributed by atoms with Gasteiger partial charge in [-0.1, -0.05) is 24.3 Å². The first-order valence-corrected chi connectivity index (χ1v) is 22.2. The van der Waals surface area contributed by atoms with Crippen molar-refractivity contribution in [3.05, 3.63) is 89.4 Å². The highest BCUT2D eigenvalue weighted by molar-refractivity contribution is 7.92. The molecular formula is C46H58FN5O12S. The van der Waals surface area contributed by atoms with Crippen molar-refractivity contribution in [1.82, 2.24) is 9.88 Å². The molecule has 3 aromatic carbocycles. The van der Waals surface area contributed by atoms with Crippen molar-refractivity contribution >= 4 is 68.1 Å². The second-order valence-electron chi connectivity index (χ2n) is 18.4. The minimum Gasteiger partial charge on any atom is -0.479 e. The van der Waals surface area contributed by atoms with E-state index in [4.69, 9.17) is 18.9 Å². The van der Waals surface area contributed by atoms with E-state index in [9.17, 15) is 37.5 Å². The number of imide groups is 1. The lowest BCUT2D eigenvalue weighted by atomic mass is 10.0. The van der Waals surface area contributed by atoms with E-state index in [1.165, 1.54) is 48.5 Å². The molecule has 4 aromatic rings. The molecule has 0 aliphatic carbocycles. The molecule has 17 nitrogen and oxygen atoms in total. The van der Waals surface area contributed by atoms with Crippen molar-refractivity contribution < 1.29 is 60.8 Å². The summed E-state index contributed by atoms with van der Waals surface area (Å²) >= 11 is 0. The number of carbonyl (C=O) groups is 5. The zero-order valence-corrected chi connectivity index (χ0v) is 39.5. The average molecular weight is 924 g/mol. The first-order valence-electron chi connectivity index (χ1n) is 20.6. The Bertz CT molecular complexity index is 2500. The first kappa shape index (κ1) is 51.1. The van der Waals surface area contributed by atoms with Crippen LogP contribution in [0, 0.1) is 5.82 Å². The Balaban J connectivity index is 1.47. The van der Waals surface area contributed by atoms with Crippen molar-refractivity contribution in [2.45, 2.75) is 122 Å². The monoisotopic (exact) mass is 923 g/mol. The molecule has 0 saturated heterocycles. The van der Waals surface area contributed by atoms with Crippen molar-refractivity contribution in [1.29, 1.82) is 0 Å². The Morgan fingerprint density at radius 2 is 1.35 bits per heavy atom. The standard InChI is InChI=1S/C46H58FN5O12S/c1-27(2)65(59,60)35-18-17-32(24-31(35)26-51(12)41(56)62-44(3,4)5)50-40(55)61-22-20-28-13-15-29(16-14-28)37(39(53)54)49-33-23-30-19-21-48-38(36(30)34(47)25-33)52(42(57)63-45(6,7)8)43(58)64-46(9,10)11/h13-19,21,23-25,27,37,49H,20,22,26H2,1-12H3,(H,50,55)(H,53,54). The van der Waals surface area contributed by atoms with E-state index in [1.807, 2.05) is 0 Å². The number of aromatic nitrogens is 1. The number of fused-ring (bicyclic) bond motifs is 1. The molecule has 19 heteroatoms. The Kier molecular flexibility index (Phi) is 15.8. The van der Waals surface area contributed by atoms with Gasteiger partial charge in [-0.15, -0.1) is 0 Å². The van der Waals surface area contributed by atoms with Crippen LogP contribution in [0.4, 0.5) is 40.8 Å². The maximum Gasteiger partial charge on any atom is 0.425 e. The van der Waals surface area contributed by atoms with Crippen molar-refractivity contribution in [3.8, 4) is 0 Å². The number of rotatable bonds is 13. The fourth-order valence-electron chi connectivity index (χ4n) is 6.08. The van der Waals surface area contributed by atoms with E-state index in [0.717, 1.165) is 6.07 Å². The molecule has 65 heavy (non-hydrogen) atoms. The summed E-state index contributed by atoms with van der Waals surface area (Å²) in [6.45, 7) is 17.6. The highest BCUT2D eigenvalue weighted by Crippen LogP contribution is 2.34. The van der Waals surface area contributed by atoms with Gasteiger partial charge >= 0.3 is 30.3 Å². The van der Waals surface area contributed by atoms with Crippen LogP contribution in [0.3, 0.4) is 0 Å². The van der Waals surface area contributed by atoms with Crippen molar-refractivity contribution in [3.63, 3.8) is 0 Å². The van der Waals surface area contributed by atoms with Crippen LogP contribution in [0.15, 0.2) is 71.8 Å². The number of halogens is 1. The third kappa shape index (κ3) is 14.2. The number of benzene rings is 3. The molecule has 0 radical (unpaired) electrons. The number of carboxylic acid groups (broad SMARTS) is 1. The molecule has 1 heterocycles. The van der Waals surface area contributed by atoms with Crippen molar-refractivity contribution in [2.75, 3.05) is 29.2 Å². The lowest BCUT2D eigenvalue weighted by Crippen LogP contribution is -2.44. The summed E-state index contributed by atoms with van der Waals surface area (Å²) in [5.41, 5.74) is -1.26. The summed E-state index contributed by atoms with van der Waals surface area (Å²) in [4.78, 5) is 70.5. The highest BCUT2D eigenvalue weighted by Gasteiger charge is 2.36. The molecule has 1 aromatic heterocycles. The molecule has 0 aliphatic rings. The van der Waals surface area contributed by atoms with E-state index in [-0.39, 0.29) is 58.0 Å². The van der Waals surface area contributed by atoms with Crippen LogP contribution < -0.4 is 15.5 Å². The third-order valence-electron chi connectivity index (χ3n) is 9.00. The van der Waals surface area contributed by atoms with Crippen LogP contribution in [0.1, 0.15) is 98.9 Å². The number of hydrogen-bond acceptors (Lipinski definition) is 13. The van der Waals surface area contributed by atoms with Crippen LogP contribution in [-0.4, -0.2) is 89.5 Å². The van der Waals surface area contributed by atoms with Gasteiger partial charge in [0.1, 0.15) is 22.6 Å². The van der Waals surface area contributed by atoms with Gasteiger partial charge in [0.2, 0.25) is 0 Å². The number of anilines is 3. The number of nitrogens with one attached hydrogen (secondary N) is 2. The number of sulfone groups is 1. The normalized spacial score (nSPS) is 12.5. The Morgan fingerprint density at radius 1 is 0.785 bits per heavy atom. The third-order valence-corrected chi connectivity index (χ3v) is 11.3. The van der Waals surface area contributed by atoms with Gasteiger partial charge in [0.05, 0.1) is 28.7 Å². The lowest BCUT2D eigenvalue weighted by molar-refractivity contribution is -0.138. The fraction of sp³-hybridized carbons (Fsp3) is 0.435. The van der Waals surface area contributed by atoms with E-state index in [1.54, 1.807) is 100 Å². The van der Waals surface area contributed by atoms with Crippen LogP contribution >= 0.6 is 0 Å². The highest BCUT2D eigenvalue weighted by atomic mass is 32.2. The van der Waals surface area contributed by atoms with E-state index < -0.39 is 74.1 Å². The maximum atomic E-state index is 16.1. The summed E-state index contributed by atoms with van der Waals surface area (Å²) in [5.74, 6) is -2.58. The largest absolute Gasteiger partial charge is 0.479 e. The zero-order valence-electron chi connectivity index (χ0n) is 38.7. The van der Waals surface area contributed by atoms with Crippen LogP contribution in [0.25, 0.3) is 10.8 Å². The summed E-state index contributed by atoms with van der Waals surface area (Å²) in [7, 11) is -2.29. The predicted molar refractivity (Wildman–Crippen MR) is 242 cm³/mol. The second kappa shape index (κ2) is 20.1. The molecule has 4 amide bonds. The molecule has 0 bridgehead atoms. The van der Waals surface area contributed by atoms with Gasteiger partial charge in [-0.25, -0.2) is 41.8 Å². The van der Waals surface area contributed by atoms with Crippen LogP contribution in [0.5, 0.6) is 0 Å². The SMILES string of the molecule is CC(C)S(=O)(=O)c1ccc(NC(=O)OCCc2ccc(C(Nc3cc(F)c4c(N(C(=O)OC(C)(C)C)C(=O)OC(C)(C)C)nccc4c3)C(=O)O)cc2)cc1CN(C)C(=O)OC(C)(C)C. The summed E-state index contributed by atoms with van der Waals surface area (Å²) in [6.07, 6.45) is -2.26. The lowest BCUT2D eigenvalue weighted by Gasteiger charge is -2.28. The van der Waals surface area contributed by atoms with Crippen LogP contribution in [0.2, 0.25) is 0 Å². The minimum absolute atomic E-state index is 0.00603. The molecule has 0 fully saturated rings. The molecule has 0 spiro atoms. The van der Waals surface area contributed by atoms with E-state index in [2.05, 4.69) is 15.6 Å². The number of carboxylic acids is 1. The molecule has 1 atom stereocenters. The number of carbonyl (C=O) groups excluding carboxylic acids is 4. The zero-order chi connectivity index (χ0) is 48.8. The van der Waals surface area contributed by atoms with Crippen molar-refractivity contribution in [2.24, 2.45) is 0 Å². The molecule has 352 valence electrons. The first-order chi connectivity index (χ1) is 30.0. The smallest absolute Gasteiger partial charge is 0.425 e. The minimum atomic E-state index is -3.76. The summed E-state index contributed by atoms with van der Waals surface area (Å²) in [5, 5.41) is 14.8. The topological polar surface area (TPSA) is 220 Å². The quantitative estimate of drug-likeness (QED) is 0.106. The molecule has 1 unspecified atom stereocenters. The molecule has 3 N–H and O–H groups in total. The molecule has 0 saturated carbocycles. The Hall–Kier alpha value is -6.50. The van der Waals surface area contributed by atoms with Gasteiger partial charge in [0.25, 0.3) is 0 Å². The number of hydrogen-bond donors (Lipinski definition) is 3. The summed E-state index contributed by atoms with van der Waals surface area (Å²) in [6, 6.07) is 13.2. The predicted octanol–water partition coefficient (Wildman–Crippen LogP) is 9.63. The van der Waals surface area contributed by atoms with Gasteiger partial charge in [0, 0.05) is 31.0 Å². The molecule has 0 aliphatic heterocycles. The second-order valence-corrected chi connectivity index (χ2v) is 20.9. The van der Waals surface area contributed by atoms with Gasteiger partial charge in [0.15, 0.2) is 21.7 Å². The number of amides is 4. The fourth-order valence-corrected chi connectivity index (χ4v) is 7.34. The van der Waals surface area contributed by atoms with Gasteiger partial charge in [-0.3, -0.25) is 5.32 Å². The number of aliphatic carboxylic acids is 1. The van der Waals surface area contributed by atoms with Gasteiger partial charge < -0.3 is 34.3 Å².